The monoisotopic (exact) mass is 221 g/mol. The van der Waals surface area contributed by atoms with Gasteiger partial charge in [-0.25, -0.2) is 0 Å². The van der Waals surface area contributed by atoms with Crippen molar-refractivity contribution >= 4 is 11.8 Å². The molecule has 1 fully saturated rings. The van der Waals surface area contributed by atoms with Gasteiger partial charge in [-0.3, -0.25) is 0 Å². The van der Waals surface area contributed by atoms with E-state index < -0.39 is 0 Å². The molecule has 2 heteroatoms. The molecule has 15 heavy (non-hydrogen) atoms. The van der Waals surface area contributed by atoms with Gasteiger partial charge in [0.15, 0.2) is 0 Å². The third-order valence-electron chi connectivity index (χ3n) is 3.01. The van der Waals surface area contributed by atoms with Crippen LogP contribution in [0, 0.1) is 0 Å². The van der Waals surface area contributed by atoms with Crippen LogP contribution in [0.15, 0.2) is 24.3 Å². The lowest BCUT2D eigenvalue weighted by atomic mass is 10.1. The molecule has 0 unspecified atom stereocenters. The van der Waals surface area contributed by atoms with Gasteiger partial charge in [-0.15, -0.1) is 0 Å². The van der Waals surface area contributed by atoms with Crippen molar-refractivity contribution < 1.29 is 0 Å². The zero-order chi connectivity index (χ0) is 10.5. The molecule has 0 amide bonds. The number of benzene rings is 1. The first kappa shape index (κ1) is 11.0. The zero-order valence-electron chi connectivity index (χ0n) is 9.11. The Morgan fingerprint density at radius 2 is 1.93 bits per heavy atom. The maximum Gasteiger partial charge on any atom is 0.0187 e. The Bertz CT molecular complexity index is 305. The van der Waals surface area contributed by atoms with Crippen molar-refractivity contribution in [2.45, 2.75) is 43.2 Å². The molecular weight excluding hydrogens is 202 g/mol. The Hall–Kier alpha value is -0.470. The molecule has 0 heterocycles. The second-order valence-corrected chi connectivity index (χ2v) is 5.53. The van der Waals surface area contributed by atoms with Crippen LogP contribution in [0.25, 0.3) is 0 Å². The molecule has 0 aliphatic heterocycles. The highest BCUT2D eigenvalue weighted by Crippen LogP contribution is 2.31. The lowest BCUT2D eigenvalue weighted by Crippen LogP contribution is -1.98. The number of rotatable bonds is 4. The van der Waals surface area contributed by atoms with Gasteiger partial charge in [-0.2, -0.15) is 11.8 Å². The number of hydrogen-bond acceptors (Lipinski definition) is 2. The van der Waals surface area contributed by atoms with E-state index in [1.54, 1.807) is 0 Å². The molecule has 2 rings (SSSR count). The highest BCUT2D eigenvalue weighted by Gasteiger charge is 2.14. The lowest BCUT2D eigenvalue weighted by molar-refractivity contribution is 0.886. The van der Waals surface area contributed by atoms with E-state index in [9.17, 15) is 0 Å². The van der Waals surface area contributed by atoms with Crippen molar-refractivity contribution in [3.63, 3.8) is 0 Å². The first-order valence-electron chi connectivity index (χ1n) is 5.78. The molecular formula is C13H19NS. The van der Waals surface area contributed by atoms with Crippen LogP contribution in [-0.2, 0) is 12.3 Å². The van der Waals surface area contributed by atoms with E-state index in [1.165, 1.54) is 36.8 Å². The van der Waals surface area contributed by atoms with Crippen molar-refractivity contribution in [3.05, 3.63) is 35.4 Å². The molecule has 1 nitrogen and oxygen atoms in total. The van der Waals surface area contributed by atoms with Gasteiger partial charge < -0.3 is 5.73 Å². The summed E-state index contributed by atoms with van der Waals surface area (Å²) in [5.41, 5.74) is 8.31. The molecule has 0 spiro atoms. The predicted octanol–water partition coefficient (Wildman–Crippen LogP) is 3.32. The second kappa shape index (κ2) is 5.57. The van der Waals surface area contributed by atoms with Crippen molar-refractivity contribution in [1.82, 2.24) is 0 Å². The van der Waals surface area contributed by atoms with E-state index in [0.29, 0.717) is 6.54 Å². The summed E-state index contributed by atoms with van der Waals surface area (Å²) >= 11 is 2.12. The molecule has 0 radical (unpaired) electrons. The molecule has 1 aliphatic carbocycles. The van der Waals surface area contributed by atoms with Crippen LogP contribution in [0.1, 0.15) is 36.8 Å². The summed E-state index contributed by atoms with van der Waals surface area (Å²) < 4.78 is 0. The minimum atomic E-state index is 0.655. The molecule has 0 saturated heterocycles. The van der Waals surface area contributed by atoms with E-state index in [-0.39, 0.29) is 0 Å². The zero-order valence-corrected chi connectivity index (χ0v) is 9.93. The molecule has 1 aromatic carbocycles. The first-order valence-corrected chi connectivity index (χ1v) is 6.83. The molecule has 82 valence electrons. The SMILES string of the molecule is NCc1cccc(CSC2CCCC2)c1. The van der Waals surface area contributed by atoms with Crippen molar-refractivity contribution in [1.29, 1.82) is 0 Å². The quantitative estimate of drug-likeness (QED) is 0.844. The molecule has 1 aliphatic rings. The van der Waals surface area contributed by atoms with Crippen LogP contribution in [0.5, 0.6) is 0 Å². The Morgan fingerprint density at radius 1 is 1.20 bits per heavy atom. The van der Waals surface area contributed by atoms with Crippen molar-refractivity contribution in [3.8, 4) is 0 Å². The maximum absolute atomic E-state index is 5.63. The van der Waals surface area contributed by atoms with Crippen LogP contribution in [0.3, 0.4) is 0 Å². The summed E-state index contributed by atoms with van der Waals surface area (Å²) in [6.45, 7) is 0.655. The topological polar surface area (TPSA) is 26.0 Å². The third-order valence-corrected chi connectivity index (χ3v) is 4.46. The average molecular weight is 221 g/mol. The van der Waals surface area contributed by atoms with E-state index in [1.807, 2.05) is 0 Å². The molecule has 1 aromatic rings. The molecule has 0 atom stereocenters. The highest BCUT2D eigenvalue weighted by atomic mass is 32.2. The van der Waals surface area contributed by atoms with Gasteiger partial charge in [-0.05, 0) is 24.0 Å². The van der Waals surface area contributed by atoms with Crippen LogP contribution in [0.2, 0.25) is 0 Å². The van der Waals surface area contributed by atoms with Gasteiger partial charge in [-0.1, -0.05) is 37.1 Å². The van der Waals surface area contributed by atoms with Crippen LogP contribution in [0.4, 0.5) is 0 Å². The first-order chi connectivity index (χ1) is 7.38. The van der Waals surface area contributed by atoms with Gasteiger partial charge in [0.1, 0.15) is 0 Å². The molecule has 0 aromatic heterocycles. The molecule has 1 saturated carbocycles. The van der Waals surface area contributed by atoms with Gasteiger partial charge in [0, 0.05) is 17.5 Å². The van der Waals surface area contributed by atoms with Gasteiger partial charge >= 0.3 is 0 Å². The summed E-state index contributed by atoms with van der Waals surface area (Å²) in [6, 6.07) is 8.67. The smallest absolute Gasteiger partial charge is 0.0187 e. The Balaban J connectivity index is 1.86. The van der Waals surface area contributed by atoms with Crippen LogP contribution in [-0.4, -0.2) is 5.25 Å². The lowest BCUT2D eigenvalue weighted by Gasteiger charge is -2.09. The number of hydrogen-bond donors (Lipinski definition) is 1. The predicted molar refractivity (Wildman–Crippen MR) is 67.9 cm³/mol. The Morgan fingerprint density at radius 3 is 2.67 bits per heavy atom. The fourth-order valence-corrected chi connectivity index (χ4v) is 3.39. The second-order valence-electron chi connectivity index (χ2n) is 4.24. The normalized spacial score (nSPS) is 17.1. The van der Waals surface area contributed by atoms with Crippen molar-refractivity contribution in [2.75, 3.05) is 0 Å². The van der Waals surface area contributed by atoms with Gasteiger partial charge in [0.05, 0.1) is 0 Å². The summed E-state index contributed by atoms with van der Waals surface area (Å²) in [7, 11) is 0. The van der Waals surface area contributed by atoms with Crippen LogP contribution >= 0.6 is 11.8 Å². The van der Waals surface area contributed by atoms with Crippen LogP contribution < -0.4 is 5.73 Å². The van der Waals surface area contributed by atoms with E-state index >= 15 is 0 Å². The fraction of sp³-hybridized carbons (Fsp3) is 0.538. The summed E-state index contributed by atoms with van der Waals surface area (Å²) in [6.07, 6.45) is 5.70. The highest BCUT2D eigenvalue weighted by molar-refractivity contribution is 7.99. The average Bonchev–Trinajstić information content (AvgIpc) is 2.79. The minimum Gasteiger partial charge on any atom is -0.326 e. The number of nitrogens with two attached hydrogens (primary N) is 1. The minimum absolute atomic E-state index is 0.655. The summed E-state index contributed by atoms with van der Waals surface area (Å²) in [5.74, 6) is 1.15. The standard InChI is InChI=1S/C13H19NS/c14-9-11-4-3-5-12(8-11)10-15-13-6-1-2-7-13/h3-5,8,13H,1-2,6-7,9-10,14H2. The Labute approximate surface area is 96.4 Å². The largest absolute Gasteiger partial charge is 0.326 e. The van der Waals surface area contributed by atoms with Gasteiger partial charge in [0.2, 0.25) is 0 Å². The third kappa shape index (κ3) is 3.25. The van der Waals surface area contributed by atoms with Gasteiger partial charge in [0.25, 0.3) is 0 Å². The summed E-state index contributed by atoms with van der Waals surface area (Å²) in [4.78, 5) is 0. The number of thioether (sulfide) groups is 1. The van der Waals surface area contributed by atoms with E-state index in [0.717, 1.165) is 11.0 Å². The fourth-order valence-electron chi connectivity index (χ4n) is 2.12. The van der Waals surface area contributed by atoms with E-state index in [2.05, 4.69) is 36.0 Å². The maximum atomic E-state index is 5.63. The molecule has 0 bridgehead atoms. The van der Waals surface area contributed by atoms with E-state index in [4.69, 9.17) is 5.73 Å². The van der Waals surface area contributed by atoms with Crippen molar-refractivity contribution in [2.24, 2.45) is 5.73 Å². The summed E-state index contributed by atoms with van der Waals surface area (Å²) in [5, 5.41) is 0.909. The Kier molecular flexibility index (Phi) is 4.09. The molecule has 2 N–H and O–H groups in total.